The SMILES string of the molecule is CCCCCCSc1ccc(C(=O)Nc2ccc(C#N)cc2C(=O)O)cn1. The Labute approximate surface area is 162 Å². The van der Waals surface area contributed by atoms with E-state index in [1.807, 2.05) is 6.07 Å². The van der Waals surface area contributed by atoms with Crippen LogP contribution in [0.2, 0.25) is 0 Å². The van der Waals surface area contributed by atoms with E-state index < -0.39 is 11.9 Å². The minimum Gasteiger partial charge on any atom is -0.478 e. The molecule has 0 aliphatic heterocycles. The fourth-order valence-electron chi connectivity index (χ4n) is 2.40. The third-order valence-corrected chi connectivity index (χ3v) is 4.90. The zero-order valence-corrected chi connectivity index (χ0v) is 15.9. The van der Waals surface area contributed by atoms with Crippen molar-refractivity contribution in [3.63, 3.8) is 0 Å². The molecule has 140 valence electrons. The summed E-state index contributed by atoms with van der Waals surface area (Å²) in [5.41, 5.74) is 0.564. The van der Waals surface area contributed by atoms with Gasteiger partial charge in [0.25, 0.3) is 5.91 Å². The van der Waals surface area contributed by atoms with Crippen LogP contribution in [0.15, 0.2) is 41.6 Å². The molecule has 2 rings (SSSR count). The molecule has 27 heavy (non-hydrogen) atoms. The number of nitrogens with one attached hydrogen (secondary N) is 1. The first kappa shape index (κ1) is 20.5. The number of hydrogen-bond donors (Lipinski definition) is 2. The van der Waals surface area contributed by atoms with E-state index in [2.05, 4.69) is 17.2 Å². The normalized spacial score (nSPS) is 10.2. The molecule has 6 nitrogen and oxygen atoms in total. The third-order valence-electron chi connectivity index (χ3n) is 3.87. The molecule has 0 spiro atoms. The van der Waals surface area contributed by atoms with Crippen molar-refractivity contribution in [2.24, 2.45) is 0 Å². The van der Waals surface area contributed by atoms with Gasteiger partial charge in [0.2, 0.25) is 0 Å². The maximum atomic E-state index is 12.4. The lowest BCUT2D eigenvalue weighted by molar-refractivity contribution is 0.0698. The van der Waals surface area contributed by atoms with Gasteiger partial charge in [-0.2, -0.15) is 5.26 Å². The molecule has 0 radical (unpaired) electrons. The van der Waals surface area contributed by atoms with Gasteiger partial charge in [-0.25, -0.2) is 9.78 Å². The molecule has 0 saturated carbocycles. The lowest BCUT2D eigenvalue weighted by Crippen LogP contribution is -2.15. The number of carboxylic acid groups (broad SMARTS) is 1. The molecule has 2 aromatic rings. The minimum atomic E-state index is -1.21. The Bertz CT molecular complexity index is 845. The molecule has 0 unspecified atom stereocenters. The summed E-state index contributed by atoms with van der Waals surface area (Å²) in [4.78, 5) is 28.0. The van der Waals surface area contributed by atoms with E-state index in [1.165, 1.54) is 43.7 Å². The molecular formula is C20H21N3O3S. The fraction of sp³-hybridized carbons (Fsp3) is 0.300. The van der Waals surface area contributed by atoms with Crippen molar-refractivity contribution in [3.8, 4) is 6.07 Å². The molecule has 1 aromatic heterocycles. The van der Waals surface area contributed by atoms with Crippen LogP contribution < -0.4 is 5.32 Å². The van der Waals surface area contributed by atoms with Gasteiger partial charge in [-0.1, -0.05) is 26.2 Å². The number of thioether (sulfide) groups is 1. The van der Waals surface area contributed by atoms with Gasteiger partial charge >= 0.3 is 5.97 Å². The van der Waals surface area contributed by atoms with Gasteiger partial charge in [0, 0.05) is 6.20 Å². The molecule has 1 heterocycles. The number of pyridine rings is 1. The Morgan fingerprint density at radius 1 is 1.22 bits per heavy atom. The van der Waals surface area contributed by atoms with Crippen LogP contribution in [0.5, 0.6) is 0 Å². The molecule has 0 fully saturated rings. The minimum absolute atomic E-state index is 0.130. The van der Waals surface area contributed by atoms with Crippen LogP contribution in [0.1, 0.15) is 58.9 Å². The summed E-state index contributed by atoms with van der Waals surface area (Å²) in [6, 6.07) is 9.43. The van der Waals surface area contributed by atoms with Crippen molar-refractivity contribution >= 4 is 29.3 Å². The van der Waals surface area contributed by atoms with Crippen molar-refractivity contribution in [1.82, 2.24) is 4.98 Å². The predicted molar refractivity (Wildman–Crippen MR) is 105 cm³/mol. The number of amides is 1. The number of carbonyl (C=O) groups excluding carboxylic acids is 1. The lowest BCUT2D eigenvalue weighted by atomic mass is 10.1. The molecule has 0 aliphatic carbocycles. The molecule has 7 heteroatoms. The zero-order chi connectivity index (χ0) is 19.6. The molecular weight excluding hydrogens is 362 g/mol. The number of benzene rings is 1. The molecule has 1 amide bonds. The number of hydrogen-bond acceptors (Lipinski definition) is 5. The highest BCUT2D eigenvalue weighted by atomic mass is 32.2. The van der Waals surface area contributed by atoms with E-state index in [1.54, 1.807) is 23.9 Å². The highest BCUT2D eigenvalue weighted by Crippen LogP contribution is 2.20. The molecule has 0 saturated heterocycles. The van der Waals surface area contributed by atoms with Gasteiger partial charge in [-0.3, -0.25) is 4.79 Å². The number of aromatic carboxylic acids is 1. The first-order valence-electron chi connectivity index (χ1n) is 8.72. The number of unbranched alkanes of at least 4 members (excludes halogenated alkanes) is 3. The number of carbonyl (C=O) groups is 2. The second kappa shape index (κ2) is 10.3. The first-order valence-corrected chi connectivity index (χ1v) is 9.71. The lowest BCUT2D eigenvalue weighted by Gasteiger charge is -2.09. The summed E-state index contributed by atoms with van der Waals surface area (Å²) in [6.07, 6.45) is 6.27. The Balaban J connectivity index is 2.00. The van der Waals surface area contributed by atoms with Crippen molar-refractivity contribution in [1.29, 1.82) is 5.26 Å². The predicted octanol–water partition coefficient (Wildman–Crippen LogP) is 4.58. The summed E-state index contributed by atoms with van der Waals surface area (Å²) >= 11 is 1.65. The number of aromatic nitrogens is 1. The topological polar surface area (TPSA) is 103 Å². The monoisotopic (exact) mass is 383 g/mol. The Morgan fingerprint density at radius 2 is 2.04 bits per heavy atom. The van der Waals surface area contributed by atoms with Crippen LogP contribution in [0.25, 0.3) is 0 Å². The van der Waals surface area contributed by atoms with Crippen LogP contribution in [-0.2, 0) is 0 Å². The summed E-state index contributed by atoms with van der Waals surface area (Å²) in [5.74, 6) is -0.671. The standard InChI is InChI=1S/C20H21N3O3S/c1-2-3-4-5-10-27-18-9-7-15(13-22-18)19(24)23-17-8-6-14(12-21)11-16(17)20(25)26/h6-9,11,13H,2-5,10H2,1H3,(H,23,24)(H,25,26). The number of rotatable bonds is 9. The van der Waals surface area contributed by atoms with Crippen LogP contribution in [0.4, 0.5) is 5.69 Å². The van der Waals surface area contributed by atoms with E-state index in [9.17, 15) is 14.7 Å². The number of carboxylic acids is 1. The highest BCUT2D eigenvalue weighted by Gasteiger charge is 2.15. The van der Waals surface area contributed by atoms with Crippen molar-refractivity contribution < 1.29 is 14.7 Å². The van der Waals surface area contributed by atoms with E-state index >= 15 is 0 Å². The molecule has 0 atom stereocenters. The average molecular weight is 383 g/mol. The van der Waals surface area contributed by atoms with Crippen molar-refractivity contribution in [2.75, 3.05) is 11.1 Å². The van der Waals surface area contributed by atoms with Gasteiger partial charge in [0.1, 0.15) is 0 Å². The number of anilines is 1. The van der Waals surface area contributed by atoms with Crippen LogP contribution in [0, 0.1) is 11.3 Å². The quantitative estimate of drug-likeness (QED) is 0.485. The zero-order valence-electron chi connectivity index (χ0n) is 15.1. The smallest absolute Gasteiger partial charge is 0.337 e. The maximum absolute atomic E-state index is 12.4. The van der Waals surface area contributed by atoms with E-state index in [0.717, 1.165) is 17.2 Å². The van der Waals surface area contributed by atoms with E-state index in [0.29, 0.717) is 5.56 Å². The van der Waals surface area contributed by atoms with Crippen molar-refractivity contribution in [2.45, 2.75) is 37.6 Å². The molecule has 0 aliphatic rings. The van der Waals surface area contributed by atoms with Gasteiger partial charge in [0.15, 0.2) is 0 Å². The Hall–Kier alpha value is -2.85. The third kappa shape index (κ3) is 6.12. The van der Waals surface area contributed by atoms with E-state index in [4.69, 9.17) is 5.26 Å². The number of nitrogens with zero attached hydrogens (tertiary/aromatic N) is 2. The average Bonchev–Trinajstić information content (AvgIpc) is 2.68. The highest BCUT2D eigenvalue weighted by molar-refractivity contribution is 7.99. The van der Waals surface area contributed by atoms with Crippen molar-refractivity contribution in [3.05, 3.63) is 53.2 Å². The van der Waals surface area contributed by atoms with Crippen LogP contribution in [-0.4, -0.2) is 27.7 Å². The molecule has 0 bridgehead atoms. The van der Waals surface area contributed by atoms with Gasteiger partial charge in [-0.05, 0) is 42.5 Å². The summed E-state index contributed by atoms with van der Waals surface area (Å²) in [5, 5.41) is 21.6. The van der Waals surface area contributed by atoms with Gasteiger partial charge in [0.05, 0.1) is 33.5 Å². The van der Waals surface area contributed by atoms with Crippen LogP contribution in [0.3, 0.4) is 0 Å². The Morgan fingerprint density at radius 3 is 2.67 bits per heavy atom. The van der Waals surface area contributed by atoms with Gasteiger partial charge < -0.3 is 10.4 Å². The van der Waals surface area contributed by atoms with E-state index in [-0.39, 0.29) is 16.8 Å². The fourth-order valence-corrected chi connectivity index (χ4v) is 3.25. The molecule has 2 N–H and O–H groups in total. The molecule has 1 aromatic carbocycles. The first-order chi connectivity index (χ1) is 13.0. The largest absolute Gasteiger partial charge is 0.478 e. The second-order valence-corrected chi connectivity index (χ2v) is 7.04. The summed E-state index contributed by atoms with van der Waals surface area (Å²) in [7, 11) is 0. The summed E-state index contributed by atoms with van der Waals surface area (Å²) in [6.45, 7) is 2.18. The number of nitriles is 1. The van der Waals surface area contributed by atoms with Gasteiger partial charge in [-0.15, -0.1) is 11.8 Å². The maximum Gasteiger partial charge on any atom is 0.337 e. The summed E-state index contributed by atoms with van der Waals surface area (Å²) < 4.78 is 0. The Kier molecular flexibility index (Phi) is 7.83. The van der Waals surface area contributed by atoms with Crippen LogP contribution >= 0.6 is 11.8 Å². The second-order valence-electron chi connectivity index (χ2n) is 5.93.